The summed E-state index contributed by atoms with van der Waals surface area (Å²) in [7, 11) is 1.92. The first-order chi connectivity index (χ1) is 9.31. The van der Waals surface area contributed by atoms with Crippen LogP contribution in [0.3, 0.4) is 0 Å². The van der Waals surface area contributed by atoms with Crippen LogP contribution in [0.1, 0.15) is 5.56 Å². The predicted molar refractivity (Wildman–Crippen MR) is 77.0 cm³/mol. The van der Waals surface area contributed by atoms with Gasteiger partial charge in [0.2, 0.25) is 0 Å². The van der Waals surface area contributed by atoms with Crippen LogP contribution in [0.4, 0.5) is 0 Å². The first kappa shape index (κ1) is 14.6. The minimum absolute atomic E-state index is 0.653. The molecule has 0 aromatic heterocycles. The first-order valence-corrected chi connectivity index (χ1v) is 7.04. The molecule has 0 aliphatic carbocycles. The molecule has 0 radical (unpaired) electrons. The molecular weight excluding hydrogens is 264 g/mol. The monoisotopic (exact) mass is 284 g/mol. The molecule has 0 saturated carbocycles. The summed E-state index contributed by atoms with van der Waals surface area (Å²) in [5.41, 5.74) is 1.09. The minimum atomic E-state index is 0.653. The van der Waals surface area contributed by atoms with Gasteiger partial charge in [0, 0.05) is 31.7 Å². The standard InChI is InChI=1S/C14H21ClN2O2/c1-16-11-12-3-2-4-13(15)14(12)19-10-7-17-5-8-18-9-6-17/h2-4,16H,5-11H2,1H3. The number of para-hydroxylation sites is 1. The van der Waals surface area contributed by atoms with Crippen molar-refractivity contribution >= 4 is 11.6 Å². The van der Waals surface area contributed by atoms with Crippen LogP contribution in [0.25, 0.3) is 0 Å². The highest BCUT2D eigenvalue weighted by Crippen LogP contribution is 2.28. The Bertz CT molecular complexity index is 395. The molecule has 19 heavy (non-hydrogen) atoms. The molecule has 1 aromatic carbocycles. The number of hydrogen-bond acceptors (Lipinski definition) is 4. The molecule has 2 rings (SSSR count). The second-order valence-electron chi connectivity index (χ2n) is 4.56. The highest BCUT2D eigenvalue weighted by atomic mass is 35.5. The molecule has 0 bridgehead atoms. The Morgan fingerprint density at radius 2 is 2.16 bits per heavy atom. The summed E-state index contributed by atoms with van der Waals surface area (Å²) in [5.74, 6) is 0.798. The zero-order valence-electron chi connectivity index (χ0n) is 11.3. The van der Waals surface area contributed by atoms with Crippen LogP contribution in [-0.2, 0) is 11.3 Å². The largest absolute Gasteiger partial charge is 0.490 e. The summed E-state index contributed by atoms with van der Waals surface area (Å²) >= 11 is 6.20. The van der Waals surface area contributed by atoms with Gasteiger partial charge in [0.05, 0.1) is 18.2 Å². The van der Waals surface area contributed by atoms with E-state index in [1.165, 1.54) is 0 Å². The third-order valence-electron chi connectivity index (χ3n) is 3.17. The quantitative estimate of drug-likeness (QED) is 0.863. The summed E-state index contributed by atoms with van der Waals surface area (Å²) < 4.78 is 11.2. The van der Waals surface area contributed by atoms with Gasteiger partial charge in [0.1, 0.15) is 12.4 Å². The van der Waals surface area contributed by atoms with Gasteiger partial charge < -0.3 is 14.8 Å². The fourth-order valence-electron chi connectivity index (χ4n) is 2.15. The first-order valence-electron chi connectivity index (χ1n) is 6.66. The van der Waals surface area contributed by atoms with Crippen molar-refractivity contribution in [1.82, 2.24) is 10.2 Å². The normalized spacial score (nSPS) is 16.5. The molecule has 0 amide bonds. The van der Waals surface area contributed by atoms with E-state index < -0.39 is 0 Å². The van der Waals surface area contributed by atoms with Crippen LogP contribution >= 0.6 is 11.6 Å². The number of halogens is 1. The second-order valence-corrected chi connectivity index (χ2v) is 4.97. The van der Waals surface area contributed by atoms with Gasteiger partial charge in [-0.1, -0.05) is 23.7 Å². The number of hydrogen-bond donors (Lipinski definition) is 1. The highest BCUT2D eigenvalue weighted by Gasteiger charge is 2.12. The van der Waals surface area contributed by atoms with Crippen LogP contribution in [0.15, 0.2) is 18.2 Å². The molecule has 106 valence electrons. The molecule has 5 heteroatoms. The maximum Gasteiger partial charge on any atom is 0.142 e. The molecule has 1 aliphatic rings. The summed E-state index contributed by atoms with van der Waals surface area (Å²) in [6.07, 6.45) is 0. The molecule has 1 fully saturated rings. The van der Waals surface area contributed by atoms with Gasteiger partial charge in [-0.15, -0.1) is 0 Å². The summed E-state index contributed by atoms with van der Waals surface area (Å²) in [6, 6.07) is 5.85. The molecule has 0 spiro atoms. The minimum Gasteiger partial charge on any atom is -0.490 e. The highest BCUT2D eigenvalue weighted by molar-refractivity contribution is 6.32. The number of nitrogens with one attached hydrogen (secondary N) is 1. The Labute approximate surface area is 119 Å². The van der Waals surface area contributed by atoms with E-state index in [0.717, 1.165) is 50.7 Å². The van der Waals surface area contributed by atoms with Crippen molar-refractivity contribution in [3.8, 4) is 5.75 Å². The molecule has 1 saturated heterocycles. The number of rotatable bonds is 6. The number of ether oxygens (including phenoxy) is 2. The molecule has 1 aliphatic heterocycles. The average molecular weight is 285 g/mol. The molecule has 4 nitrogen and oxygen atoms in total. The molecule has 1 heterocycles. The van der Waals surface area contributed by atoms with Crippen molar-refractivity contribution < 1.29 is 9.47 Å². The summed E-state index contributed by atoms with van der Waals surface area (Å²) in [4.78, 5) is 2.35. The maximum absolute atomic E-state index is 6.20. The van der Waals surface area contributed by atoms with Crippen molar-refractivity contribution in [2.45, 2.75) is 6.54 Å². The van der Waals surface area contributed by atoms with Crippen molar-refractivity contribution in [3.63, 3.8) is 0 Å². The third-order valence-corrected chi connectivity index (χ3v) is 3.47. The number of nitrogens with zero attached hydrogens (tertiary/aromatic N) is 1. The van der Waals surface area contributed by atoms with Crippen molar-refractivity contribution in [3.05, 3.63) is 28.8 Å². The summed E-state index contributed by atoms with van der Waals surface area (Å²) in [5, 5.41) is 3.80. The topological polar surface area (TPSA) is 33.7 Å². The van der Waals surface area contributed by atoms with Crippen LogP contribution in [-0.4, -0.2) is 51.4 Å². The lowest BCUT2D eigenvalue weighted by molar-refractivity contribution is 0.0322. The van der Waals surface area contributed by atoms with E-state index in [2.05, 4.69) is 10.2 Å². The van der Waals surface area contributed by atoms with Gasteiger partial charge in [0.15, 0.2) is 0 Å². The lowest BCUT2D eigenvalue weighted by Gasteiger charge is -2.26. The average Bonchev–Trinajstić information content (AvgIpc) is 2.43. The van der Waals surface area contributed by atoms with E-state index in [1.54, 1.807) is 0 Å². The summed E-state index contributed by atoms with van der Waals surface area (Å²) in [6.45, 7) is 5.92. The zero-order chi connectivity index (χ0) is 13.5. The smallest absolute Gasteiger partial charge is 0.142 e. The van der Waals surface area contributed by atoms with Gasteiger partial charge >= 0.3 is 0 Å². The molecular formula is C14H21ClN2O2. The molecule has 1 aromatic rings. The van der Waals surface area contributed by atoms with E-state index in [1.807, 2.05) is 25.2 Å². The van der Waals surface area contributed by atoms with Gasteiger partial charge in [0.25, 0.3) is 0 Å². The van der Waals surface area contributed by atoms with Crippen LogP contribution in [0.2, 0.25) is 5.02 Å². The maximum atomic E-state index is 6.20. The Kier molecular flexibility index (Phi) is 5.92. The third kappa shape index (κ3) is 4.35. The molecule has 0 unspecified atom stereocenters. The molecule has 0 atom stereocenters. The van der Waals surface area contributed by atoms with Crippen LogP contribution in [0, 0.1) is 0 Å². The molecule has 1 N–H and O–H groups in total. The Hall–Kier alpha value is -0.810. The van der Waals surface area contributed by atoms with Crippen molar-refractivity contribution in [1.29, 1.82) is 0 Å². The van der Waals surface area contributed by atoms with Gasteiger partial charge in [-0.3, -0.25) is 4.90 Å². The fraction of sp³-hybridized carbons (Fsp3) is 0.571. The van der Waals surface area contributed by atoms with Crippen LogP contribution in [0.5, 0.6) is 5.75 Å². The van der Waals surface area contributed by atoms with Crippen molar-refractivity contribution in [2.24, 2.45) is 0 Å². The SMILES string of the molecule is CNCc1cccc(Cl)c1OCCN1CCOCC1. The Morgan fingerprint density at radius 3 is 2.89 bits per heavy atom. The van der Waals surface area contributed by atoms with E-state index in [9.17, 15) is 0 Å². The lowest BCUT2D eigenvalue weighted by atomic mass is 10.2. The van der Waals surface area contributed by atoms with E-state index in [4.69, 9.17) is 21.1 Å². The van der Waals surface area contributed by atoms with Gasteiger partial charge in [-0.25, -0.2) is 0 Å². The van der Waals surface area contributed by atoms with E-state index in [0.29, 0.717) is 11.6 Å². The van der Waals surface area contributed by atoms with Gasteiger partial charge in [-0.2, -0.15) is 0 Å². The van der Waals surface area contributed by atoms with Gasteiger partial charge in [-0.05, 0) is 13.1 Å². The Morgan fingerprint density at radius 1 is 1.37 bits per heavy atom. The second kappa shape index (κ2) is 7.70. The number of benzene rings is 1. The van der Waals surface area contributed by atoms with E-state index in [-0.39, 0.29) is 0 Å². The lowest BCUT2D eigenvalue weighted by Crippen LogP contribution is -2.38. The van der Waals surface area contributed by atoms with Crippen molar-refractivity contribution in [2.75, 3.05) is 46.5 Å². The van der Waals surface area contributed by atoms with E-state index >= 15 is 0 Å². The fourth-order valence-corrected chi connectivity index (χ4v) is 2.40. The zero-order valence-corrected chi connectivity index (χ0v) is 12.1. The predicted octanol–water partition coefficient (Wildman–Crippen LogP) is 1.77. The number of morpholine rings is 1. The Balaban J connectivity index is 1.87. The van der Waals surface area contributed by atoms with Crippen LogP contribution < -0.4 is 10.1 Å².